The number of thiazole rings is 1. The Kier molecular flexibility index (Phi) is 9.63. The normalized spacial score (nSPS) is 19.3. The summed E-state index contributed by atoms with van der Waals surface area (Å²) in [7, 11) is 1.30. The summed E-state index contributed by atoms with van der Waals surface area (Å²) in [4.78, 5) is 61.9. The first-order valence-corrected chi connectivity index (χ1v) is 17.5. The highest BCUT2D eigenvalue weighted by molar-refractivity contribution is 8.04. The molecule has 2 amide bonds. The summed E-state index contributed by atoms with van der Waals surface area (Å²) in [5.74, 6) is -3.05. The average molecular weight is 709 g/mol. The molecule has 2 aliphatic rings. The molecule has 3 unspecified atom stereocenters. The highest BCUT2D eigenvalue weighted by Gasteiger charge is 2.59. The maximum Gasteiger partial charge on any atom is 0.276 e. The smallest absolute Gasteiger partial charge is 0.276 e. The van der Waals surface area contributed by atoms with E-state index in [1.165, 1.54) is 18.4 Å². The number of β-lactam (4-membered cyclic amide) rings is 1. The number of carbonyl (C=O) groups is 4. The summed E-state index contributed by atoms with van der Waals surface area (Å²) in [5.41, 5.74) is 1.08. The molecule has 50 heavy (non-hydrogen) atoms. The molecule has 256 valence electrons. The highest BCUT2D eigenvalue weighted by Crippen LogP contribution is 2.49. The van der Waals surface area contributed by atoms with Crippen LogP contribution in [0, 0.1) is 5.41 Å². The molecule has 3 atom stereocenters. The zero-order valence-electron chi connectivity index (χ0n) is 27.7. The van der Waals surface area contributed by atoms with Crippen LogP contribution in [0.25, 0.3) is 0 Å². The quantitative estimate of drug-likeness (QED) is 0.0777. The number of carboxylic acids is 1. The Morgan fingerprint density at radius 1 is 0.940 bits per heavy atom. The first-order valence-electron chi connectivity index (χ1n) is 15.7. The number of oxime groups is 1. The van der Waals surface area contributed by atoms with Crippen molar-refractivity contribution < 1.29 is 29.1 Å². The van der Waals surface area contributed by atoms with Gasteiger partial charge in [0, 0.05) is 10.6 Å². The lowest BCUT2D eigenvalue weighted by molar-refractivity contribution is -0.302. The van der Waals surface area contributed by atoms with Crippen LogP contribution in [0.1, 0.15) is 43.2 Å². The third-order valence-electron chi connectivity index (χ3n) is 8.68. The largest absolute Gasteiger partial charge is 0.543 e. The first-order chi connectivity index (χ1) is 24.0. The molecule has 0 radical (unpaired) electrons. The van der Waals surface area contributed by atoms with Gasteiger partial charge in [-0.05, 0) is 22.1 Å². The Morgan fingerprint density at radius 3 is 1.94 bits per heavy atom. The van der Waals surface area contributed by atoms with E-state index in [1.54, 1.807) is 5.38 Å². The molecule has 3 heterocycles. The number of thioether (sulfide) groups is 1. The van der Waals surface area contributed by atoms with Crippen LogP contribution >= 0.6 is 23.1 Å². The fourth-order valence-electron chi connectivity index (χ4n) is 6.47. The Balaban J connectivity index is 1.33. The number of carboxylic acid groups (broad SMARTS) is 1. The SMILES string of the molecule is CON=C(C(=O)NC1C(=O)N2C(C(=O)[O-])=C(C=O)SC(C(C)(C)C)C12)c1csc(NC(c2ccccc2)(c2ccccc2)c2ccccc2)n1. The minimum Gasteiger partial charge on any atom is -0.543 e. The number of fused-ring (bicyclic) bond motifs is 1. The molecule has 0 bridgehead atoms. The lowest BCUT2D eigenvalue weighted by atomic mass is 9.77. The standard InChI is InChI=1S/C37H35N5O6S2/c1-36(2,3)31-30-28(33(45)42(30)29(34(46)47)26(20-43)50-31)39-32(44)27(41-48-4)25-21-49-35(38-25)40-37(22-14-8-5-9-15-22,23-16-10-6-11-17-23)24-18-12-7-13-19-24/h5-21,28,30-31H,1-4H3,(H,38,40)(H,39,44)(H,46,47)/p-1. The number of hydrogen-bond donors (Lipinski definition) is 2. The predicted molar refractivity (Wildman–Crippen MR) is 190 cm³/mol. The Morgan fingerprint density at radius 2 is 1.48 bits per heavy atom. The summed E-state index contributed by atoms with van der Waals surface area (Å²) in [6.07, 6.45) is 0.420. The van der Waals surface area contributed by atoms with Gasteiger partial charge in [-0.1, -0.05) is 117 Å². The Labute approximate surface area is 297 Å². The van der Waals surface area contributed by atoms with Crippen molar-refractivity contribution in [2.24, 2.45) is 10.6 Å². The van der Waals surface area contributed by atoms with E-state index in [1.807, 2.05) is 112 Å². The number of nitrogens with one attached hydrogen (secondary N) is 2. The zero-order chi connectivity index (χ0) is 35.6. The van der Waals surface area contributed by atoms with Crippen LogP contribution in [0.4, 0.5) is 5.13 Å². The molecule has 0 saturated carbocycles. The van der Waals surface area contributed by atoms with Crippen LogP contribution in [0.15, 0.2) is 112 Å². The van der Waals surface area contributed by atoms with Gasteiger partial charge in [0.15, 0.2) is 17.1 Å². The van der Waals surface area contributed by atoms with E-state index in [-0.39, 0.29) is 16.3 Å². The molecule has 11 nitrogen and oxygen atoms in total. The van der Waals surface area contributed by atoms with Crippen LogP contribution in [0.3, 0.4) is 0 Å². The molecular formula is C37H34N5O6S2-. The molecule has 0 aliphatic carbocycles. The van der Waals surface area contributed by atoms with Gasteiger partial charge in [-0.2, -0.15) is 0 Å². The molecule has 1 fully saturated rings. The third-order valence-corrected chi connectivity index (χ3v) is 11.2. The second-order valence-electron chi connectivity index (χ2n) is 12.8. The summed E-state index contributed by atoms with van der Waals surface area (Å²) >= 11 is 2.33. The molecule has 2 aliphatic heterocycles. The number of allylic oxidation sites excluding steroid dienone is 1. The van der Waals surface area contributed by atoms with E-state index in [0.717, 1.165) is 33.4 Å². The fourth-order valence-corrected chi connectivity index (χ4v) is 8.61. The van der Waals surface area contributed by atoms with Crippen molar-refractivity contribution in [2.45, 2.75) is 43.6 Å². The number of aromatic nitrogens is 1. The molecule has 2 N–H and O–H groups in total. The van der Waals surface area contributed by atoms with Crippen LogP contribution in [-0.2, 0) is 29.6 Å². The number of aliphatic carboxylic acids is 1. The van der Waals surface area contributed by atoms with Gasteiger partial charge in [-0.25, -0.2) is 4.98 Å². The molecule has 4 aromatic rings. The summed E-state index contributed by atoms with van der Waals surface area (Å²) in [6, 6.07) is 28.1. The number of nitrogens with zero attached hydrogens (tertiary/aromatic N) is 3. The molecule has 3 aromatic carbocycles. The molecule has 1 saturated heterocycles. The topological polar surface area (TPSA) is 153 Å². The fraction of sp³-hybridized carbons (Fsp3) is 0.243. The first kappa shape index (κ1) is 34.6. The van der Waals surface area contributed by atoms with Crippen molar-refractivity contribution in [3.63, 3.8) is 0 Å². The number of benzene rings is 3. The third kappa shape index (κ3) is 6.18. The van der Waals surface area contributed by atoms with Gasteiger partial charge < -0.3 is 30.3 Å². The van der Waals surface area contributed by atoms with Crippen molar-refractivity contribution >= 4 is 58.0 Å². The second kappa shape index (κ2) is 13.9. The minimum atomic E-state index is -1.64. The van der Waals surface area contributed by atoms with E-state index in [4.69, 9.17) is 9.82 Å². The molecule has 0 spiro atoms. The number of amides is 2. The zero-order valence-corrected chi connectivity index (χ0v) is 29.3. The number of anilines is 1. The van der Waals surface area contributed by atoms with Gasteiger partial charge in [-0.15, -0.1) is 23.1 Å². The van der Waals surface area contributed by atoms with E-state index < -0.39 is 51.8 Å². The van der Waals surface area contributed by atoms with E-state index >= 15 is 0 Å². The van der Waals surface area contributed by atoms with Crippen LogP contribution < -0.4 is 15.7 Å². The monoisotopic (exact) mass is 708 g/mol. The maximum atomic E-state index is 13.9. The van der Waals surface area contributed by atoms with Crippen molar-refractivity contribution in [1.82, 2.24) is 15.2 Å². The van der Waals surface area contributed by atoms with Gasteiger partial charge in [0.05, 0.1) is 22.6 Å². The van der Waals surface area contributed by atoms with Crippen molar-refractivity contribution in [2.75, 3.05) is 12.4 Å². The molecule has 1 aromatic heterocycles. The molecular weight excluding hydrogens is 675 g/mol. The maximum absolute atomic E-state index is 13.9. The Bertz CT molecular complexity index is 1880. The van der Waals surface area contributed by atoms with Crippen LogP contribution in [-0.4, -0.2) is 64.1 Å². The lowest BCUT2D eigenvalue weighted by Gasteiger charge is -2.56. The van der Waals surface area contributed by atoms with Gasteiger partial charge >= 0.3 is 0 Å². The number of aldehydes is 1. The second-order valence-corrected chi connectivity index (χ2v) is 14.8. The van der Waals surface area contributed by atoms with E-state index in [2.05, 4.69) is 15.8 Å². The van der Waals surface area contributed by atoms with Crippen molar-refractivity contribution in [3.8, 4) is 0 Å². The van der Waals surface area contributed by atoms with Crippen molar-refractivity contribution in [1.29, 1.82) is 0 Å². The van der Waals surface area contributed by atoms with E-state index in [9.17, 15) is 24.3 Å². The van der Waals surface area contributed by atoms with Gasteiger partial charge in [0.2, 0.25) is 0 Å². The summed E-state index contributed by atoms with van der Waals surface area (Å²) in [5, 5.41) is 24.2. The number of carbonyl (C=O) groups excluding carboxylic acids is 4. The summed E-state index contributed by atoms with van der Waals surface area (Å²) in [6.45, 7) is 5.75. The number of rotatable bonds is 11. The minimum absolute atomic E-state index is 0.0963. The van der Waals surface area contributed by atoms with Crippen LogP contribution in [0.2, 0.25) is 0 Å². The van der Waals surface area contributed by atoms with Crippen LogP contribution in [0.5, 0.6) is 0 Å². The van der Waals surface area contributed by atoms with Gasteiger partial charge in [0.1, 0.15) is 24.4 Å². The van der Waals surface area contributed by atoms with Gasteiger partial charge in [0.25, 0.3) is 11.8 Å². The molecule has 13 heteroatoms. The predicted octanol–water partition coefficient (Wildman–Crippen LogP) is 3.92. The highest BCUT2D eigenvalue weighted by atomic mass is 32.2. The summed E-state index contributed by atoms with van der Waals surface area (Å²) < 4.78 is 0. The Hall–Kier alpha value is -5.27. The van der Waals surface area contributed by atoms with Crippen molar-refractivity contribution in [3.05, 3.63) is 129 Å². The number of hydrogen-bond acceptors (Lipinski definition) is 11. The average Bonchev–Trinajstić information content (AvgIpc) is 3.59. The lowest BCUT2D eigenvalue weighted by Crippen LogP contribution is -2.76. The van der Waals surface area contributed by atoms with Gasteiger partial charge in [-0.3, -0.25) is 14.4 Å². The van der Waals surface area contributed by atoms with E-state index in [0.29, 0.717) is 11.4 Å². The molecule has 6 rings (SSSR count).